The fourth-order valence-corrected chi connectivity index (χ4v) is 4.73. The van der Waals surface area contributed by atoms with Crippen molar-refractivity contribution in [3.05, 3.63) is 35.9 Å². The second-order valence-electron chi connectivity index (χ2n) is 9.61. The second kappa shape index (κ2) is 8.16. The summed E-state index contributed by atoms with van der Waals surface area (Å²) in [6.45, 7) is 17.1. The Morgan fingerprint density at radius 3 is 2.30 bits per heavy atom. The quantitative estimate of drug-likeness (QED) is 0.454. The van der Waals surface area contributed by atoms with Crippen molar-refractivity contribution < 1.29 is 18.7 Å². The lowest BCUT2D eigenvalue weighted by molar-refractivity contribution is -0.153. The Kier molecular flexibility index (Phi) is 6.73. The summed E-state index contributed by atoms with van der Waals surface area (Å²) >= 11 is 0. The van der Waals surface area contributed by atoms with Crippen LogP contribution < -0.4 is 0 Å². The van der Waals surface area contributed by atoms with Crippen LogP contribution in [0.25, 0.3) is 0 Å². The summed E-state index contributed by atoms with van der Waals surface area (Å²) in [6, 6.07) is 10.2. The van der Waals surface area contributed by atoms with Crippen LogP contribution in [0.5, 0.6) is 0 Å². The van der Waals surface area contributed by atoms with Crippen LogP contribution in [0.4, 0.5) is 0 Å². The van der Waals surface area contributed by atoms with Crippen LogP contribution >= 0.6 is 0 Å². The zero-order valence-corrected chi connectivity index (χ0v) is 19.1. The average Bonchev–Trinajstić information content (AvgIpc) is 2.89. The number of benzene rings is 1. The summed E-state index contributed by atoms with van der Waals surface area (Å²) in [6.07, 6.45) is 0.810. The third kappa shape index (κ3) is 5.28. The fourth-order valence-electron chi connectivity index (χ4n) is 3.31. The molecule has 0 N–H and O–H groups in total. The first-order chi connectivity index (χ1) is 12.4. The van der Waals surface area contributed by atoms with Gasteiger partial charge in [0.25, 0.3) is 0 Å². The summed E-state index contributed by atoms with van der Waals surface area (Å²) in [5.41, 5.74) is 1.09. The van der Waals surface area contributed by atoms with E-state index < -0.39 is 14.1 Å². The molecule has 4 atom stereocenters. The smallest absolute Gasteiger partial charge is 0.192 e. The van der Waals surface area contributed by atoms with E-state index in [9.17, 15) is 4.79 Å². The van der Waals surface area contributed by atoms with Gasteiger partial charge in [0.15, 0.2) is 14.1 Å². The minimum atomic E-state index is -2.01. The summed E-state index contributed by atoms with van der Waals surface area (Å²) < 4.78 is 19.2. The minimum absolute atomic E-state index is 0.0244. The van der Waals surface area contributed by atoms with Gasteiger partial charge in [-0.2, -0.15) is 0 Å². The number of rotatable bonds is 7. The van der Waals surface area contributed by atoms with Crippen molar-refractivity contribution in [2.45, 2.75) is 90.2 Å². The van der Waals surface area contributed by atoms with Crippen molar-refractivity contribution in [2.75, 3.05) is 0 Å². The third-order valence-electron chi connectivity index (χ3n) is 5.94. The summed E-state index contributed by atoms with van der Waals surface area (Å²) in [5, 5.41) is 0.0823. The zero-order valence-electron chi connectivity index (χ0n) is 18.1. The van der Waals surface area contributed by atoms with Gasteiger partial charge in [-0.25, -0.2) is 0 Å². The molecular weight excluding hydrogens is 356 g/mol. The van der Waals surface area contributed by atoms with Crippen LogP contribution in [0.3, 0.4) is 0 Å². The van der Waals surface area contributed by atoms with E-state index in [4.69, 9.17) is 13.9 Å². The van der Waals surface area contributed by atoms with Crippen LogP contribution in [0.2, 0.25) is 18.1 Å². The molecule has 1 saturated heterocycles. The molecule has 2 rings (SSSR count). The zero-order chi connectivity index (χ0) is 20.5. The van der Waals surface area contributed by atoms with Gasteiger partial charge in [-0.3, -0.25) is 0 Å². The van der Waals surface area contributed by atoms with Crippen molar-refractivity contribution in [3.63, 3.8) is 0 Å². The van der Waals surface area contributed by atoms with Crippen molar-refractivity contribution in [1.82, 2.24) is 0 Å². The van der Waals surface area contributed by atoms with Gasteiger partial charge in [0.1, 0.15) is 12.4 Å². The van der Waals surface area contributed by atoms with Crippen molar-refractivity contribution >= 4 is 14.6 Å². The molecule has 1 heterocycles. The van der Waals surface area contributed by atoms with Crippen LogP contribution in [-0.2, 0) is 18.7 Å². The SMILES string of the molecule is C[C@H]([C@H]1OC(C)(C)O[C@@H]1c1ccccc1)[C@H](CC=O)O[Si](C)(C)C(C)(C)C. The Labute approximate surface area is 165 Å². The average molecular weight is 393 g/mol. The van der Waals surface area contributed by atoms with Crippen LogP contribution in [0.15, 0.2) is 30.3 Å². The van der Waals surface area contributed by atoms with E-state index in [1.54, 1.807) is 0 Å². The molecule has 1 aromatic rings. The highest BCUT2D eigenvalue weighted by Gasteiger charge is 2.48. The molecule has 0 spiro atoms. The van der Waals surface area contributed by atoms with E-state index in [1.807, 2.05) is 32.0 Å². The van der Waals surface area contributed by atoms with Gasteiger partial charge < -0.3 is 18.7 Å². The molecule has 0 aliphatic carbocycles. The molecule has 4 nitrogen and oxygen atoms in total. The lowest BCUT2D eigenvalue weighted by atomic mass is 9.90. The molecule has 0 unspecified atom stereocenters. The first-order valence-corrected chi connectivity index (χ1v) is 12.8. The maximum atomic E-state index is 11.4. The van der Waals surface area contributed by atoms with Gasteiger partial charge in [-0.1, -0.05) is 58.0 Å². The van der Waals surface area contributed by atoms with Gasteiger partial charge in [0.2, 0.25) is 0 Å². The topological polar surface area (TPSA) is 44.8 Å². The Morgan fingerprint density at radius 1 is 1.19 bits per heavy atom. The summed E-state index contributed by atoms with van der Waals surface area (Å²) in [7, 11) is -2.01. The van der Waals surface area contributed by atoms with Gasteiger partial charge >= 0.3 is 0 Å². The Balaban J connectivity index is 2.29. The molecular formula is C22H36O4Si. The maximum Gasteiger partial charge on any atom is 0.192 e. The third-order valence-corrected chi connectivity index (χ3v) is 10.4. The molecule has 0 amide bonds. The number of hydrogen-bond donors (Lipinski definition) is 0. The van der Waals surface area contributed by atoms with Gasteiger partial charge in [0, 0.05) is 12.3 Å². The van der Waals surface area contributed by atoms with E-state index in [2.05, 4.69) is 52.9 Å². The minimum Gasteiger partial charge on any atom is -0.413 e. The van der Waals surface area contributed by atoms with E-state index in [0.29, 0.717) is 6.42 Å². The number of carbonyl (C=O) groups excluding carboxylic acids is 1. The molecule has 152 valence electrons. The summed E-state index contributed by atoms with van der Waals surface area (Å²) in [5.74, 6) is -0.640. The highest BCUT2D eigenvalue weighted by molar-refractivity contribution is 6.74. The number of ether oxygens (including phenoxy) is 2. The summed E-state index contributed by atoms with van der Waals surface area (Å²) in [4.78, 5) is 11.4. The van der Waals surface area contributed by atoms with Gasteiger partial charge in [0.05, 0.1) is 12.2 Å². The van der Waals surface area contributed by atoms with Crippen molar-refractivity contribution in [2.24, 2.45) is 5.92 Å². The monoisotopic (exact) mass is 392 g/mol. The standard InChI is InChI=1S/C22H36O4Si/c1-16(18(14-15-23)26-27(7,8)21(2,3)4)19-20(25-22(5,6)24-19)17-12-10-9-11-13-17/h9-13,15-16,18-20H,14H2,1-8H3/t16-,18-,19+,20+/m0/s1. The number of hydrogen-bond acceptors (Lipinski definition) is 4. The molecule has 0 radical (unpaired) electrons. The molecule has 1 aliphatic rings. The molecule has 0 aromatic heterocycles. The van der Waals surface area contributed by atoms with Gasteiger partial charge in [-0.05, 0) is 37.5 Å². The van der Waals surface area contributed by atoms with Crippen molar-refractivity contribution in [1.29, 1.82) is 0 Å². The normalized spacial score (nSPS) is 25.2. The Bertz CT molecular complexity index is 621. The molecule has 1 aliphatic heterocycles. The highest BCUT2D eigenvalue weighted by atomic mass is 28.4. The molecule has 1 aromatic carbocycles. The number of aldehydes is 1. The molecule has 27 heavy (non-hydrogen) atoms. The first-order valence-electron chi connectivity index (χ1n) is 9.90. The fraction of sp³-hybridized carbons (Fsp3) is 0.682. The van der Waals surface area contributed by atoms with E-state index >= 15 is 0 Å². The molecule has 0 bridgehead atoms. The van der Waals surface area contributed by atoms with E-state index in [-0.39, 0.29) is 29.3 Å². The van der Waals surface area contributed by atoms with E-state index in [0.717, 1.165) is 11.8 Å². The van der Waals surface area contributed by atoms with Crippen LogP contribution in [0.1, 0.15) is 59.6 Å². The highest BCUT2D eigenvalue weighted by Crippen LogP contribution is 2.44. The van der Waals surface area contributed by atoms with Gasteiger partial charge in [-0.15, -0.1) is 0 Å². The lowest BCUT2D eigenvalue weighted by Gasteiger charge is -2.41. The first kappa shape index (κ1) is 22.3. The van der Waals surface area contributed by atoms with Crippen LogP contribution in [-0.4, -0.2) is 32.6 Å². The maximum absolute atomic E-state index is 11.4. The number of carbonyl (C=O) groups is 1. The largest absolute Gasteiger partial charge is 0.413 e. The lowest BCUT2D eigenvalue weighted by Crippen LogP contribution is -2.47. The predicted molar refractivity (Wildman–Crippen MR) is 111 cm³/mol. The van der Waals surface area contributed by atoms with Crippen LogP contribution in [0, 0.1) is 5.92 Å². The Morgan fingerprint density at radius 2 is 1.78 bits per heavy atom. The molecule has 1 fully saturated rings. The predicted octanol–water partition coefficient (Wildman–Crippen LogP) is 5.49. The second-order valence-corrected chi connectivity index (χ2v) is 14.4. The molecule has 5 heteroatoms. The molecule has 0 saturated carbocycles. The van der Waals surface area contributed by atoms with E-state index in [1.165, 1.54) is 0 Å². The Hall–Kier alpha value is -1.01. The van der Waals surface area contributed by atoms with Crippen molar-refractivity contribution in [3.8, 4) is 0 Å².